The molecule has 0 spiro atoms. The van der Waals surface area contributed by atoms with E-state index in [0.29, 0.717) is 0 Å². The van der Waals surface area contributed by atoms with Crippen LogP contribution in [0.1, 0.15) is 26.7 Å². The lowest BCUT2D eigenvalue weighted by atomic mass is 10.2. The van der Waals surface area contributed by atoms with E-state index in [2.05, 4.69) is 5.32 Å². The van der Waals surface area contributed by atoms with E-state index in [1.807, 2.05) is 0 Å². The molecule has 5 nitrogen and oxygen atoms in total. The molecule has 0 aliphatic heterocycles. The van der Waals surface area contributed by atoms with Crippen LogP contribution in [0.3, 0.4) is 0 Å². The zero-order valence-electron chi connectivity index (χ0n) is 7.66. The van der Waals surface area contributed by atoms with Gasteiger partial charge in [0.15, 0.2) is 0 Å². The number of hydrogen-bond acceptors (Lipinski definition) is 3. The van der Waals surface area contributed by atoms with Gasteiger partial charge in [-0.1, -0.05) is 0 Å². The van der Waals surface area contributed by atoms with Crippen molar-refractivity contribution in [1.29, 1.82) is 0 Å². The molecule has 0 radical (unpaired) electrons. The minimum Gasteiger partial charge on any atom is -0.480 e. The van der Waals surface area contributed by atoms with Crippen LogP contribution in [0.5, 0.6) is 0 Å². The summed E-state index contributed by atoms with van der Waals surface area (Å²) in [5.74, 6) is -1.58. The summed E-state index contributed by atoms with van der Waals surface area (Å²) in [5, 5.41) is 10.7. The number of aliphatic carboxylic acids is 1. The van der Waals surface area contributed by atoms with Crippen molar-refractivity contribution >= 4 is 17.7 Å². The van der Waals surface area contributed by atoms with Gasteiger partial charge in [0.25, 0.3) is 0 Å². The zero-order chi connectivity index (χ0) is 10.4. The summed E-state index contributed by atoms with van der Waals surface area (Å²) in [6.45, 7) is 2.75. The second-order valence-corrected chi connectivity index (χ2v) is 2.83. The van der Waals surface area contributed by atoms with E-state index in [1.165, 1.54) is 13.8 Å². The Balaban J connectivity index is 3.74. The minimum absolute atomic E-state index is 0.0486. The van der Waals surface area contributed by atoms with Crippen molar-refractivity contribution < 1.29 is 19.5 Å². The van der Waals surface area contributed by atoms with Crippen LogP contribution in [0.25, 0.3) is 0 Å². The quantitative estimate of drug-likeness (QED) is 0.631. The summed E-state index contributed by atoms with van der Waals surface area (Å²) in [6, 6.07) is -0.903. The van der Waals surface area contributed by atoms with Crippen LogP contribution in [0.4, 0.5) is 0 Å². The number of hydrogen-bond donors (Lipinski definition) is 2. The Morgan fingerprint density at radius 2 is 1.85 bits per heavy atom. The number of amides is 1. The molecule has 74 valence electrons. The maximum absolute atomic E-state index is 10.9. The zero-order valence-corrected chi connectivity index (χ0v) is 7.66. The Labute approximate surface area is 76.1 Å². The van der Waals surface area contributed by atoms with Gasteiger partial charge in [0.05, 0.1) is 0 Å². The molecule has 0 aromatic carbocycles. The smallest absolute Gasteiger partial charge is 0.325 e. The van der Waals surface area contributed by atoms with E-state index >= 15 is 0 Å². The molecular weight excluding hydrogens is 174 g/mol. The highest BCUT2D eigenvalue weighted by Crippen LogP contribution is 1.91. The van der Waals surface area contributed by atoms with Crippen LogP contribution in [0.15, 0.2) is 0 Å². The number of carboxylic acids is 1. The molecule has 0 aliphatic rings. The fraction of sp³-hybridized carbons (Fsp3) is 0.625. The van der Waals surface area contributed by atoms with E-state index in [4.69, 9.17) is 5.11 Å². The topological polar surface area (TPSA) is 83.5 Å². The molecule has 0 aromatic rings. The maximum Gasteiger partial charge on any atom is 0.325 e. The van der Waals surface area contributed by atoms with E-state index in [9.17, 15) is 14.4 Å². The molecule has 5 heteroatoms. The Hall–Kier alpha value is -1.39. The number of Topliss-reactive ketones (excluding diaryl/α,β-unsaturated/α-hetero) is 1. The van der Waals surface area contributed by atoms with Crippen LogP contribution >= 0.6 is 0 Å². The SMILES string of the molecule is CC(=O)CCC(=O)N[C@@H](C)C(=O)O. The van der Waals surface area contributed by atoms with E-state index in [-0.39, 0.29) is 18.6 Å². The average Bonchev–Trinajstić information content (AvgIpc) is 2.00. The van der Waals surface area contributed by atoms with E-state index in [1.54, 1.807) is 0 Å². The van der Waals surface area contributed by atoms with Crippen LogP contribution < -0.4 is 5.32 Å². The van der Waals surface area contributed by atoms with E-state index < -0.39 is 17.9 Å². The third-order valence-corrected chi connectivity index (χ3v) is 1.45. The van der Waals surface area contributed by atoms with Gasteiger partial charge in [-0.25, -0.2) is 0 Å². The fourth-order valence-electron chi connectivity index (χ4n) is 0.665. The Morgan fingerprint density at radius 3 is 2.23 bits per heavy atom. The van der Waals surface area contributed by atoms with Crippen LogP contribution in [-0.4, -0.2) is 28.8 Å². The van der Waals surface area contributed by atoms with Crippen LogP contribution in [-0.2, 0) is 14.4 Å². The Morgan fingerprint density at radius 1 is 1.31 bits per heavy atom. The minimum atomic E-state index is -1.09. The highest BCUT2D eigenvalue weighted by atomic mass is 16.4. The third-order valence-electron chi connectivity index (χ3n) is 1.45. The van der Waals surface area contributed by atoms with Crippen molar-refractivity contribution in [2.45, 2.75) is 32.7 Å². The first-order chi connectivity index (χ1) is 5.93. The summed E-state index contributed by atoms with van der Waals surface area (Å²) in [4.78, 5) is 31.7. The summed E-state index contributed by atoms with van der Waals surface area (Å²) >= 11 is 0. The van der Waals surface area contributed by atoms with Crippen molar-refractivity contribution in [3.63, 3.8) is 0 Å². The second-order valence-electron chi connectivity index (χ2n) is 2.83. The van der Waals surface area contributed by atoms with Crippen molar-refractivity contribution in [2.24, 2.45) is 0 Å². The molecule has 0 fully saturated rings. The normalized spacial score (nSPS) is 11.8. The number of carbonyl (C=O) groups is 3. The van der Waals surface area contributed by atoms with Crippen molar-refractivity contribution in [3.05, 3.63) is 0 Å². The summed E-state index contributed by atoms with van der Waals surface area (Å²) in [7, 11) is 0. The van der Waals surface area contributed by atoms with Crippen LogP contribution in [0.2, 0.25) is 0 Å². The monoisotopic (exact) mass is 187 g/mol. The van der Waals surface area contributed by atoms with Gasteiger partial charge in [-0.05, 0) is 13.8 Å². The summed E-state index contributed by atoms with van der Waals surface area (Å²) in [5.41, 5.74) is 0. The predicted molar refractivity (Wildman–Crippen MR) is 45.2 cm³/mol. The predicted octanol–water partition coefficient (Wildman–Crippen LogP) is -0.0551. The van der Waals surface area contributed by atoms with Gasteiger partial charge in [0, 0.05) is 12.8 Å². The lowest BCUT2D eigenvalue weighted by Crippen LogP contribution is -2.38. The molecule has 2 N–H and O–H groups in total. The summed E-state index contributed by atoms with van der Waals surface area (Å²) in [6.07, 6.45) is 0.200. The Bertz CT molecular complexity index is 224. The molecule has 0 rings (SSSR count). The third kappa shape index (κ3) is 5.84. The molecule has 1 amide bonds. The largest absolute Gasteiger partial charge is 0.480 e. The number of carboxylic acid groups (broad SMARTS) is 1. The highest BCUT2D eigenvalue weighted by molar-refractivity contribution is 5.86. The van der Waals surface area contributed by atoms with Gasteiger partial charge < -0.3 is 15.2 Å². The van der Waals surface area contributed by atoms with Crippen LogP contribution in [0, 0.1) is 0 Å². The first kappa shape index (κ1) is 11.6. The molecule has 0 saturated heterocycles. The molecule has 0 aliphatic carbocycles. The van der Waals surface area contributed by atoms with Gasteiger partial charge in [-0.3, -0.25) is 9.59 Å². The molecular formula is C8H13NO4. The first-order valence-corrected chi connectivity index (χ1v) is 3.95. The second kappa shape index (κ2) is 5.29. The van der Waals surface area contributed by atoms with Gasteiger partial charge in [-0.2, -0.15) is 0 Å². The molecule has 0 unspecified atom stereocenters. The molecule has 0 aromatic heterocycles. The standard InChI is InChI=1S/C8H13NO4/c1-5(10)3-4-7(11)9-6(2)8(12)13/h6H,3-4H2,1-2H3,(H,9,11)(H,12,13)/t6-/m0/s1. The summed E-state index contributed by atoms with van der Waals surface area (Å²) < 4.78 is 0. The molecule has 13 heavy (non-hydrogen) atoms. The molecule has 0 heterocycles. The first-order valence-electron chi connectivity index (χ1n) is 3.95. The highest BCUT2D eigenvalue weighted by Gasteiger charge is 2.13. The molecule has 1 atom stereocenters. The molecule has 0 saturated carbocycles. The fourth-order valence-corrected chi connectivity index (χ4v) is 0.665. The van der Waals surface area contributed by atoms with Gasteiger partial charge in [0.2, 0.25) is 5.91 Å². The number of rotatable bonds is 5. The average molecular weight is 187 g/mol. The van der Waals surface area contributed by atoms with Crippen molar-refractivity contribution in [1.82, 2.24) is 5.32 Å². The number of carbonyl (C=O) groups excluding carboxylic acids is 2. The lowest BCUT2D eigenvalue weighted by Gasteiger charge is -2.07. The van der Waals surface area contributed by atoms with Crippen molar-refractivity contribution in [3.8, 4) is 0 Å². The Kier molecular flexibility index (Phi) is 4.72. The van der Waals surface area contributed by atoms with Gasteiger partial charge in [-0.15, -0.1) is 0 Å². The lowest BCUT2D eigenvalue weighted by molar-refractivity contribution is -0.141. The van der Waals surface area contributed by atoms with Gasteiger partial charge in [0.1, 0.15) is 11.8 Å². The maximum atomic E-state index is 10.9. The number of nitrogens with one attached hydrogen (secondary N) is 1. The number of ketones is 1. The van der Waals surface area contributed by atoms with E-state index in [0.717, 1.165) is 0 Å². The molecule has 0 bridgehead atoms. The van der Waals surface area contributed by atoms with Crippen molar-refractivity contribution in [2.75, 3.05) is 0 Å². The van der Waals surface area contributed by atoms with Gasteiger partial charge >= 0.3 is 5.97 Å².